The zero-order chi connectivity index (χ0) is 11.8. The van der Waals surface area contributed by atoms with Gasteiger partial charge in [-0.25, -0.2) is 0 Å². The number of nitrogens with zero attached hydrogens (tertiary/aromatic N) is 1. The molecule has 0 aromatic rings. The van der Waals surface area contributed by atoms with Crippen molar-refractivity contribution in [2.45, 2.75) is 45.1 Å². The highest BCUT2D eigenvalue weighted by Crippen LogP contribution is 2.49. The van der Waals surface area contributed by atoms with Gasteiger partial charge in [0.2, 0.25) is 0 Å². The summed E-state index contributed by atoms with van der Waals surface area (Å²) in [7, 11) is 1.46. The van der Waals surface area contributed by atoms with Crippen LogP contribution in [0.1, 0.15) is 20.8 Å². The van der Waals surface area contributed by atoms with Crippen molar-refractivity contribution in [1.29, 1.82) is 0 Å². The highest BCUT2D eigenvalue weighted by atomic mass is 16.5. The molecule has 0 amide bonds. The molecule has 15 heavy (non-hydrogen) atoms. The summed E-state index contributed by atoms with van der Waals surface area (Å²) in [5, 5.41) is 22.5. The molecule has 1 aliphatic rings. The third-order valence-corrected chi connectivity index (χ3v) is 3.52. The number of hydrogen-bond acceptors (Lipinski definition) is 5. The molecule has 2 N–H and O–H groups in total. The zero-order valence-electron chi connectivity index (χ0n) is 9.54. The molecule has 5 heteroatoms. The molecule has 0 radical (unpaired) electrons. The first kappa shape index (κ1) is 12.5. The van der Waals surface area contributed by atoms with Gasteiger partial charge in [0, 0.05) is 7.11 Å². The van der Waals surface area contributed by atoms with Crippen molar-refractivity contribution in [3.05, 3.63) is 4.91 Å². The molecule has 5 unspecified atom stereocenters. The van der Waals surface area contributed by atoms with E-state index in [2.05, 4.69) is 5.18 Å². The Bertz CT molecular complexity index is 242. The molecule has 1 rings (SSSR count). The third kappa shape index (κ3) is 1.58. The molecule has 0 bridgehead atoms. The minimum Gasteiger partial charge on any atom is -0.392 e. The van der Waals surface area contributed by atoms with Crippen molar-refractivity contribution < 1.29 is 14.9 Å². The summed E-state index contributed by atoms with van der Waals surface area (Å²) in [5.41, 5.74) is -0.788. The molecule has 0 heterocycles. The summed E-state index contributed by atoms with van der Waals surface area (Å²) in [4.78, 5) is 10.6. The van der Waals surface area contributed by atoms with E-state index >= 15 is 0 Å². The molecule has 88 valence electrons. The van der Waals surface area contributed by atoms with E-state index < -0.39 is 29.8 Å². The van der Waals surface area contributed by atoms with Crippen molar-refractivity contribution >= 4 is 0 Å². The van der Waals surface area contributed by atoms with Gasteiger partial charge in [0.25, 0.3) is 0 Å². The fourth-order valence-electron chi connectivity index (χ4n) is 2.58. The van der Waals surface area contributed by atoms with Gasteiger partial charge in [0.1, 0.15) is 12.1 Å². The highest BCUT2D eigenvalue weighted by Gasteiger charge is 2.64. The molecular formula is C10H19NO4. The van der Waals surface area contributed by atoms with Crippen molar-refractivity contribution in [2.75, 3.05) is 7.11 Å². The van der Waals surface area contributed by atoms with Gasteiger partial charge in [-0.3, -0.25) is 0 Å². The minimum absolute atomic E-state index is 0.00981. The van der Waals surface area contributed by atoms with Crippen LogP contribution in [0.25, 0.3) is 0 Å². The van der Waals surface area contributed by atoms with E-state index in [9.17, 15) is 15.1 Å². The second-order valence-corrected chi connectivity index (χ2v) is 4.75. The Morgan fingerprint density at radius 1 is 1.47 bits per heavy atom. The Balaban J connectivity index is 2.92. The van der Waals surface area contributed by atoms with Crippen LogP contribution in [0.15, 0.2) is 5.18 Å². The molecule has 0 saturated heterocycles. The van der Waals surface area contributed by atoms with Gasteiger partial charge >= 0.3 is 0 Å². The zero-order valence-corrected chi connectivity index (χ0v) is 9.54. The molecule has 1 saturated carbocycles. The average molecular weight is 217 g/mol. The largest absolute Gasteiger partial charge is 0.392 e. The molecule has 1 fully saturated rings. The topological polar surface area (TPSA) is 79.1 Å². The third-order valence-electron chi connectivity index (χ3n) is 3.52. The van der Waals surface area contributed by atoms with Gasteiger partial charge < -0.3 is 14.9 Å². The lowest BCUT2D eigenvalue weighted by atomic mass is 9.56. The molecule has 5 atom stereocenters. The summed E-state index contributed by atoms with van der Waals surface area (Å²) in [6, 6.07) is -0.792. The summed E-state index contributed by atoms with van der Waals surface area (Å²) in [6.45, 7) is 5.44. The fourth-order valence-corrected chi connectivity index (χ4v) is 2.58. The number of aliphatic hydroxyl groups is 2. The molecule has 0 aliphatic heterocycles. The lowest BCUT2D eigenvalue weighted by molar-refractivity contribution is -0.232. The SMILES string of the molecule is COC1C(O)C(N=O)C1(C)C(O)C(C)C. The Labute approximate surface area is 89.4 Å². The smallest absolute Gasteiger partial charge is 0.131 e. The van der Waals surface area contributed by atoms with E-state index in [4.69, 9.17) is 4.74 Å². The van der Waals surface area contributed by atoms with Gasteiger partial charge in [0.15, 0.2) is 0 Å². The van der Waals surface area contributed by atoms with E-state index in [0.717, 1.165) is 0 Å². The standard InChI is InChI=1S/C10H19NO4/c1-5(2)8(13)10(3)7(11-14)6(12)9(10)15-4/h5-9,12-13H,1-4H3. The summed E-state index contributed by atoms with van der Waals surface area (Å²) in [5.74, 6) is -0.00981. The highest BCUT2D eigenvalue weighted by molar-refractivity contribution is 5.15. The van der Waals surface area contributed by atoms with E-state index in [1.54, 1.807) is 6.92 Å². The van der Waals surface area contributed by atoms with Crippen molar-refractivity contribution in [1.82, 2.24) is 0 Å². The minimum atomic E-state index is -0.911. The first-order valence-electron chi connectivity index (χ1n) is 5.12. The Morgan fingerprint density at radius 2 is 2.00 bits per heavy atom. The van der Waals surface area contributed by atoms with Crippen molar-refractivity contribution in [3.63, 3.8) is 0 Å². The maximum atomic E-state index is 10.6. The molecule has 0 aromatic carbocycles. The van der Waals surface area contributed by atoms with E-state index in [-0.39, 0.29) is 5.92 Å². The van der Waals surface area contributed by atoms with Crippen LogP contribution in [0.5, 0.6) is 0 Å². The molecule has 1 aliphatic carbocycles. The number of methoxy groups -OCH3 is 1. The maximum absolute atomic E-state index is 10.6. The van der Waals surface area contributed by atoms with Crippen LogP contribution in [0.2, 0.25) is 0 Å². The Morgan fingerprint density at radius 3 is 2.33 bits per heavy atom. The van der Waals surface area contributed by atoms with Gasteiger partial charge in [-0.05, 0) is 5.92 Å². The van der Waals surface area contributed by atoms with Crippen LogP contribution >= 0.6 is 0 Å². The van der Waals surface area contributed by atoms with E-state index in [0.29, 0.717) is 0 Å². The first-order valence-corrected chi connectivity index (χ1v) is 5.12. The van der Waals surface area contributed by atoms with Gasteiger partial charge in [-0.1, -0.05) is 25.9 Å². The van der Waals surface area contributed by atoms with Gasteiger partial charge in [-0.15, -0.1) is 0 Å². The van der Waals surface area contributed by atoms with Crippen LogP contribution in [0.4, 0.5) is 0 Å². The number of aliphatic hydroxyl groups excluding tert-OH is 2. The summed E-state index contributed by atoms with van der Waals surface area (Å²) >= 11 is 0. The molecule has 5 nitrogen and oxygen atoms in total. The quantitative estimate of drug-likeness (QED) is 0.673. The fraction of sp³-hybridized carbons (Fsp3) is 1.00. The monoisotopic (exact) mass is 217 g/mol. The summed E-state index contributed by atoms with van der Waals surface area (Å²) < 4.78 is 5.11. The predicted molar refractivity (Wildman–Crippen MR) is 55.3 cm³/mol. The van der Waals surface area contributed by atoms with Crippen molar-refractivity contribution in [3.8, 4) is 0 Å². The Hall–Kier alpha value is -0.520. The van der Waals surface area contributed by atoms with E-state index in [1.807, 2.05) is 13.8 Å². The van der Waals surface area contributed by atoms with Crippen LogP contribution in [0.3, 0.4) is 0 Å². The van der Waals surface area contributed by atoms with Crippen LogP contribution in [-0.4, -0.2) is 41.7 Å². The molecule has 0 spiro atoms. The van der Waals surface area contributed by atoms with Crippen LogP contribution < -0.4 is 0 Å². The molecule has 0 aromatic heterocycles. The lowest BCUT2D eigenvalue weighted by Gasteiger charge is -2.56. The second kappa shape index (κ2) is 4.15. The number of ether oxygens (including phenoxy) is 1. The maximum Gasteiger partial charge on any atom is 0.131 e. The van der Waals surface area contributed by atoms with Crippen LogP contribution in [-0.2, 0) is 4.74 Å². The number of nitroso groups, excluding NO2 is 1. The molecular weight excluding hydrogens is 198 g/mol. The first-order chi connectivity index (χ1) is 6.91. The van der Waals surface area contributed by atoms with Crippen molar-refractivity contribution in [2.24, 2.45) is 16.5 Å². The van der Waals surface area contributed by atoms with Gasteiger partial charge in [-0.2, -0.15) is 4.91 Å². The number of hydrogen-bond donors (Lipinski definition) is 2. The lowest BCUT2D eigenvalue weighted by Crippen LogP contribution is -2.71. The average Bonchev–Trinajstić information content (AvgIpc) is 2.17. The van der Waals surface area contributed by atoms with Gasteiger partial charge in [0.05, 0.1) is 17.6 Å². The second-order valence-electron chi connectivity index (χ2n) is 4.75. The summed E-state index contributed by atoms with van der Waals surface area (Å²) in [6.07, 6.45) is -2.16. The predicted octanol–water partition coefficient (Wildman–Crippen LogP) is 0.534. The van der Waals surface area contributed by atoms with E-state index in [1.165, 1.54) is 7.11 Å². The Kier molecular flexibility index (Phi) is 3.48. The normalized spacial score (nSPS) is 42.5. The number of rotatable bonds is 4. The van der Waals surface area contributed by atoms with Crippen LogP contribution in [0, 0.1) is 16.2 Å².